The summed E-state index contributed by atoms with van der Waals surface area (Å²) in [5, 5.41) is 3.98. The predicted octanol–water partition coefficient (Wildman–Crippen LogP) is 4.82. The van der Waals surface area contributed by atoms with E-state index in [9.17, 15) is 0 Å². The maximum Gasteiger partial charge on any atom is 0.231 e. The minimum Gasteiger partial charge on any atom is -0.497 e. The molecule has 0 radical (unpaired) electrons. The highest BCUT2D eigenvalue weighted by molar-refractivity contribution is 7.80. The summed E-state index contributed by atoms with van der Waals surface area (Å²) >= 11 is 5.74. The second kappa shape index (κ2) is 8.84. The van der Waals surface area contributed by atoms with Gasteiger partial charge in [0.15, 0.2) is 16.6 Å². The van der Waals surface area contributed by atoms with Gasteiger partial charge in [0, 0.05) is 18.8 Å². The molecule has 0 unspecified atom stereocenters. The lowest BCUT2D eigenvalue weighted by atomic mass is 10.1. The van der Waals surface area contributed by atoms with Crippen molar-refractivity contribution in [2.45, 2.75) is 13.1 Å². The molecule has 0 aliphatic carbocycles. The van der Waals surface area contributed by atoms with E-state index in [4.69, 9.17) is 26.4 Å². The van der Waals surface area contributed by atoms with Gasteiger partial charge in [-0.1, -0.05) is 36.4 Å². The van der Waals surface area contributed by atoms with Crippen LogP contribution in [0.15, 0.2) is 72.8 Å². The Kier molecular flexibility index (Phi) is 5.81. The van der Waals surface area contributed by atoms with Gasteiger partial charge in [-0.3, -0.25) is 0 Å². The fourth-order valence-electron chi connectivity index (χ4n) is 3.14. The van der Waals surface area contributed by atoms with Gasteiger partial charge in [0.05, 0.1) is 7.11 Å². The number of thiocarbonyl (C=S) groups is 1. The van der Waals surface area contributed by atoms with E-state index in [1.807, 2.05) is 60.7 Å². The Morgan fingerprint density at radius 3 is 2.41 bits per heavy atom. The van der Waals surface area contributed by atoms with Crippen molar-refractivity contribution >= 4 is 23.0 Å². The fourth-order valence-corrected chi connectivity index (χ4v) is 3.39. The smallest absolute Gasteiger partial charge is 0.231 e. The standard InChI is InChI=1S/C23H22N2O3S/c1-26-20-10-8-19(9-11-20)24-23(29)25(14-17-5-3-2-4-6-17)15-18-7-12-21-22(13-18)28-16-27-21/h2-13H,14-16H2,1H3,(H,24,29). The van der Waals surface area contributed by atoms with E-state index in [1.54, 1.807) is 7.11 Å². The van der Waals surface area contributed by atoms with Crippen LogP contribution in [0.2, 0.25) is 0 Å². The summed E-state index contributed by atoms with van der Waals surface area (Å²) in [6, 6.07) is 24.0. The van der Waals surface area contributed by atoms with Crippen molar-refractivity contribution in [3.05, 3.63) is 83.9 Å². The van der Waals surface area contributed by atoms with Gasteiger partial charge in [-0.25, -0.2) is 0 Å². The average molecular weight is 407 g/mol. The first-order chi connectivity index (χ1) is 14.2. The molecule has 5 nitrogen and oxygen atoms in total. The molecule has 4 rings (SSSR count). The first-order valence-corrected chi connectivity index (χ1v) is 9.74. The van der Waals surface area contributed by atoms with E-state index in [2.05, 4.69) is 22.3 Å². The molecule has 0 saturated carbocycles. The molecule has 0 amide bonds. The molecule has 0 bridgehead atoms. The highest BCUT2D eigenvalue weighted by Gasteiger charge is 2.16. The van der Waals surface area contributed by atoms with Gasteiger partial charge in [-0.05, 0) is 59.7 Å². The maximum absolute atomic E-state index is 5.74. The Bertz CT molecular complexity index is 977. The third-order valence-electron chi connectivity index (χ3n) is 4.66. The number of nitrogens with zero attached hydrogens (tertiary/aromatic N) is 1. The minimum absolute atomic E-state index is 0.268. The average Bonchev–Trinajstić information content (AvgIpc) is 3.22. The van der Waals surface area contributed by atoms with Gasteiger partial charge in [0.1, 0.15) is 5.75 Å². The summed E-state index contributed by atoms with van der Waals surface area (Å²) in [6.07, 6.45) is 0. The summed E-state index contributed by atoms with van der Waals surface area (Å²) in [7, 11) is 1.65. The normalized spacial score (nSPS) is 11.8. The van der Waals surface area contributed by atoms with Crippen LogP contribution in [0.3, 0.4) is 0 Å². The van der Waals surface area contributed by atoms with E-state index >= 15 is 0 Å². The molecular formula is C23H22N2O3S. The molecule has 3 aromatic rings. The van der Waals surface area contributed by atoms with Crippen LogP contribution in [0.4, 0.5) is 5.69 Å². The van der Waals surface area contributed by atoms with Crippen LogP contribution in [-0.4, -0.2) is 23.9 Å². The van der Waals surface area contributed by atoms with Crippen LogP contribution in [0.25, 0.3) is 0 Å². The summed E-state index contributed by atoms with van der Waals surface area (Å²) in [5.41, 5.74) is 3.20. The second-order valence-corrected chi connectivity index (χ2v) is 7.07. The molecule has 1 N–H and O–H groups in total. The van der Waals surface area contributed by atoms with Crippen molar-refractivity contribution in [2.24, 2.45) is 0 Å². The van der Waals surface area contributed by atoms with Gasteiger partial charge in [0.25, 0.3) is 0 Å². The maximum atomic E-state index is 5.74. The molecule has 1 heterocycles. The number of benzene rings is 3. The van der Waals surface area contributed by atoms with E-state index in [0.29, 0.717) is 18.2 Å². The number of methoxy groups -OCH3 is 1. The highest BCUT2D eigenvalue weighted by Crippen LogP contribution is 2.33. The first-order valence-electron chi connectivity index (χ1n) is 9.34. The lowest BCUT2D eigenvalue weighted by Gasteiger charge is -2.26. The number of anilines is 1. The Balaban J connectivity index is 1.52. The number of hydrogen-bond acceptors (Lipinski definition) is 4. The van der Waals surface area contributed by atoms with Gasteiger partial charge < -0.3 is 24.4 Å². The van der Waals surface area contributed by atoms with Crippen LogP contribution in [0.5, 0.6) is 17.2 Å². The predicted molar refractivity (Wildman–Crippen MR) is 117 cm³/mol. The third kappa shape index (κ3) is 4.78. The zero-order valence-corrected chi connectivity index (χ0v) is 16.9. The summed E-state index contributed by atoms with van der Waals surface area (Å²) in [4.78, 5) is 2.13. The lowest BCUT2D eigenvalue weighted by molar-refractivity contribution is 0.174. The molecule has 29 heavy (non-hydrogen) atoms. The van der Waals surface area contributed by atoms with Crippen molar-refractivity contribution in [1.82, 2.24) is 4.90 Å². The van der Waals surface area contributed by atoms with Crippen LogP contribution in [-0.2, 0) is 13.1 Å². The summed E-state index contributed by atoms with van der Waals surface area (Å²) < 4.78 is 16.2. The zero-order valence-electron chi connectivity index (χ0n) is 16.1. The number of ether oxygens (including phenoxy) is 3. The number of nitrogens with one attached hydrogen (secondary N) is 1. The van der Waals surface area contributed by atoms with Gasteiger partial charge in [0.2, 0.25) is 6.79 Å². The van der Waals surface area contributed by atoms with Crippen LogP contribution in [0.1, 0.15) is 11.1 Å². The molecule has 0 atom stereocenters. The summed E-state index contributed by atoms with van der Waals surface area (Å²) in [5.74, 6) is 2.36. The number of hydrogen-bond donors (Lipinski definition) is 1. The molecule has 1 aliphatic rings. The molecule has 6 heteroatoms. The summed E-state index contributed by atoms with van der Waals surface area (Å²) in [6.45, 7) is 1.61. The Hall–Kier alpha value is -3.25. The molecule has 0 saturated heterocycles. The second-order valence-electron chi connectivity index (χ2n) is 6.69. The van der Waals surface area contributed by atoms with Crippen molar-refractivity contribution < 1.29 is 14.2 Å². The SMILES string of the molecule is COc1ccc(NC(=S)N(Cc2ccccc2)Cc2ccc3c(c2)OCO3)cc1. The quantitative estimate of drug-likeness (QED) is 0.592. The molecule has 0 aromatic heterocycles. The van der Waals surface area contributed by atoms with E-state index < -0.39 is 0 Å². The Labute approximate surface area is 175 Å². The lowest BCUT2D eigenvalue weighted by Crippen LogP contribution is -2.33. The van der Waals surface area contributed by atoms with E-state index in [1.165, 1.54) is 5.56 Å². The first kappa shape index (κ1) is 19.1. The van der Waals surface area contributed by atoms with Crippen molar-refractivity contribution in [3.63, 3.8) is 0 Å². The Morgan fingerprint density at radius 2 is 1.66 bits per heavy atom. The largest absolute Gasteiger partial charge is 0.497 e. The fraction of sp³-hybridized carbons (Fsp3) is 0.174. The molecule has 0 fully saturated rings. The van der Waals surface area contributed by atoms with Crippen LogP contribution < -0.4 is 19.5 Å². The highest BCUT2D eigenvalue weighted by atomic mass is 32.1. The molecule has 3 aromatic carbocycles. The monoisotopic (exact) mass is 406 g/mol. The minimum atomic E-state index is 0.268. The van der Waals surface area contributed by atoms with Crippen LogP contribution >= 0.6 is 12.2 Å². The topological polar surface area (TPSA) is 43.0 Å². The van der Waals surface area contributed by atoms with Crippen molar-refractivity contribution in [1.29, 1.82) is 0 Å². The Morgan fingerprint density at radius 1 is 0.931 bits per heavy atom. The van der Waals surface area contributed by atoms with Gasteiger partial charge >= 0.3 is 0 Å². The molecular weight excluding hydrogens is 384 g/mol. The number of fused-ring (bicyclic) bond motifs is 1. The van der Waals surface area contributed by atoms with E-state index in [-0.39, 0.29) is 6.79 Å². The molecule has 1 aliphatic heterocycles. The zero-order chi connectivity index (χ0) is 20.1. The van der Waals surface area contributed by atoms with Crippen molar-refractivity contribution in [2.75, 3.05) is 19.2 Å². The van der Waals surface area contributed by atoms with Crippen LogP contribution in [0, 0.1) is 0 Å². The van der Waals surface area contributed by atoms with E-state index in [0.717, 1.165) is 28.5 Å². The molecule has 148 valence electrons. The number of rotatable bonds is 6. The van der Waals surface area contributed by atoms with Gasteiger partial charge in [-0.2, -0.15) is 0 Å². The van der Waals surface area contributed by atoms with Crippen molar-refractivity contribution in [3.8, 4) is 17.2 Å². The molecule has 0 spiro atoms. The van der Waals surface area contributed by atoms with Gasteiger partial charge in [-0.15, -0.1) is 0 Å². The third-order valence-corrected chi connectivity index (χ3v) is 5.02.